The third kappa shape index (κ3) is 1.25. The first-order valence-electron chi connectivity index (χ1n) is 4.58. The van der Waals surface area contributed by atoms with E-state index < -0.39 is 0 Å². The fourth-order valence-corrected chi connectivity index (χ4v) is 1.62. The highest BCUT2D eigenvalue weighted by molar-refractivity contribution is 5.16. The lowest BCUT2D eigenvalue weighted by Gasteiger charge is -1.93. The number of aromatic nitrogens is 2. The quantitative estimate of drug-likeness (QED) is 0.725. The van der Waals surface area contributed by atoms with Crippen molar-refractivity contribution in [2.75, 3.05) is 6.54 Å². The number of aryl methyl sites for hydroxylation is 1. The van der Waals surface area contributed by atoms with E-state index in [1.54, 1.807) is 0 Å². The van der Waals surface area contributed by atoms with Crippen LogP contribution in [0.1, 0.15) is 25.0 Å². The maximum absolute atomic E-state index is 5.57. The molecular formula is C9H15N3. The van der Waals surface area contributed by atoms with Crippen molar-refractivity contribution in [2.24, 2.45) is 11.7 Å². The number of nitrogens with zero attached hydrogens (tertiary/aromatic N) is 2. The van der Waals surface area contributed by atoms with Crippen LogP contribution in [0.5, 0.6) is 0 Å². The Bertz CT molecular complexity index is 266. The third-order valence-corrected chi connectivity index (χ3v) is 2.59. The van der Waals surface area contributed by atoms with Gasteiger partial charge >= 0.3 is 0 Å². The van der Waals surface area contributed by atoms with Gasteiger partial charge in [-0.2, -0.15) is 5.10 Å². The van der Waals surface area contributed by atoms with Crippen LogP contribution in [0.2, 0.25) is 0 Å². The highest BCUT2D eigenvalue weighted by Gasteiger charge is 2.38. The molecule has 0 amide bonds. The molecule has 0 aliphatic heterocycles. The Morgan fingerprint density at radius 3 is 3.08 bits per heavy atom. The summed E-state index contributed by atoms with van der Waals surface area (Å²) in [6.07, 6.45) is 3.28. The van der Waals surface area contributed by atoms with Crippen LogP contribution >= 0.6 is 0 Å². The second kappa shape index (κ2) is 2.90. The molecule has 1 heterocycles. The minimum atomic E-state index is 0.655. The van der Waals surface area contributed by atoms with E-state index in [-0.39, 0.29) is 0 Å². The average Bonchev–Trinajstić information content (AvgIpc) is 2.75. The van der Waals surface area contributed by atoms with Gasteiger partial charge in [0.25, 0.3) is 0 Å². The summed E-state index contributed by atoms with van der Waals surface area (Å²) >= 11 is 0. The molecule has 1 saturated carbocycles. The van der Waals surface area contributed by atoms with Gasteiger partial charge in [0.2, 0.25) is 0 Å². The van der Waals surface area contributed by atoms with E-state index in [2.05, 4.69) is 18.1 Å². The molecule has 1 aliphatic carbocycles. The van der Waals surface area contributed by atoms with E-state index in [9.17, 15) is 0 Å². The fourth-order valence-electron chi connectivity index (χ4n) is 1.62. The Hall–Kier alpha value is -0.830. The second-order valence-corrected chi connectivity index (χ2v) is 3.43. The zero-order valence-electron chi connectivity index (χ0n) is 7.40. The van der Waals surface area contributed by atoms with Crippen molar-refractivity contribution in [1.82, 2.24) is 9.78 Å². The molecule has 1 aliphatic rings. The molecule has 0 radical (unpaired) electrons. The first-order valence-corrected chi connectivity index (χ1v) is 4.58. The second-order valence-electron chi connectivity index (χ2n) is 3.43. The molecule has 0 bridgehead atoms. The summed E-state index contributed by atoms with van der Waals surface area (Å²) in [7, 11) is 0. The van der Waals surface area contributed by atoms with Gasteiger partial charge in [-0.1, -0.05) is 0 Å². The van der Waals surface area contributed by atoms with Gasteiger partial charge in [0.1, 0.15) is 0 Å². The molecule has 0 saturated heterocycles. The summed E-state index contributed by atoms with van der Waals surface area (Å²) in [6.45, 7) is 3.87. The first-order chi connectivity index (χ1) is 5.85. The van der Waals surface area contributed by atoms with Crippen LogP contribution in [-0.4, -0.2) is 16.3 Å². The number of hydrogen-bond acceptors (Lipinski definition) is 2. The van der Waals surface area contributed by atoms with Crippen LogP contribution in [0.15, 0.2) is 12.3 Å². The van der Waals surface area contributed by atoms with Crippen molar-refractivity contribution < 1.29 is 0 Å². The van der Waals surface area contributed by atoms with E-state index in [1.165, 1.54) is 12.1 Å². The van der Waals surface area contributed by atoms with Gasteiger partial charge in [0.15, 0.2) is 0 Å². The molecule has 2 N–H and O–H groups in total. The average molecular weight is 165 g/mol. The summed E-state index contributed by atoms with van der Waals surface area (Å²) in [5.41, 5.74) is 6.80. The van der Waals surface area contributed by atoms with Crippen molar-refractivity contribution in [3.05, 3.63) is 18.0 Å². The molecule has 2 atom stereocenters. The lowest BCUT2D eigenvalue weighted by atomic mass is 10.2. The van der Waals surface area contributed by atoms with Gasteiger partial charge in [0.05, 0.1) is 5.69 Å². The molecule has 3 nitrogen and oxygen atoms in total. The monoisotopic (exact) mass is 165 g/mol. The maximum Gasteiger partial charge on any atom is 0.0658 e. The van der Waals surface area contributed by atoms with E-state index in [0.29, 0.717) is 11.8 Å². The van der Waals surface area contributed by atoms with Crippen LogP contribution in [0.4, 0.5) is 0 Å². The molecule has 0 spiro atoms. The summed E-state index contributed by atoms with van der Waals surface area (Å²) in [5.74, 6) is 1.35. The van der Waals surface area contributed by atoms with Crippen LogP contribution < -0.4 is 5.73 Å². The maximum atomic E-state index is 5.57. The Morgan fingerprint density at radius 2 is 2.58 bits per heavy atom. The lowest BCUT2D eigenvalue weighted by Crippen LogP contribution is -2.02. The molecule has 2 unspecified atom stereocenters. The molecule has 1 aromatic heterocycles. The van der Waals surface area contributed by atoms with Gasteiger partial charge in [-0.05, 0) is 31.9 Å². The molecule has 2 rings (SSSR count). The standard InChI is InChI=1S/C9H15N3/c1-2-12-4-3-9(11-12)8-5-7(8)6-10/h3-4,7-8H,2,5-6,10H2,1H3. The predicted molar refractivity (Wildman–Crippen MR) is 47.8 cm³/mol. The summed E-state index contributed by atoms with van der Waals surface area (Å²) in [4.78, 5) is 0. The number of nitrogens with two attached hydrogens (primary N) is 1. The van der Waals surface area contributed by atoms with Gasteiger partial charge in [0, 0.05) is 18.7 Å². The van der Waals surface area contributed by atoms with Crippen molar-refractivity contribution in [1.29, 1.82) is 0 Å². The van der Waals surface area contributed by atoms with Gasteiger partial charge in [-0.3, -0.25) is 4.68 Å². The SMILES string of the molecule is CCn1ccc(C2CC2CN)n1. The predicted octanol–water partition coefficient (Wildman–Crippen LogP) is 0.965. The third-order valence-electron chi connectivity index (χ3n) is 2.59. The lowest BCUT2D eigenvalue weighted by molar-refractivity contribution is 0.642. The molecule has 1 aromatic rings. The Morgan fingerprint density at radius 1 is 1.75 bits per heavy atom. The van der Waals surface area contributed by atoms with Crippen molar-refractivity contribution in [3.8, 4) is 0 Å². The Balaban J connectivity index is 2.05. The summed E-state index contributed by atoms with van der Waals surface area (Å²) in [6, 6.07) is 2.11. The van der Waals surface area contributed by atoms with Gasteiger partial charge in [-0.25, -0.2) is 0 Å². The van der Waals surface area contributed by atoms with E-state index >= 15 is 0 Å². The Kier molecular flexibility index (Phi) is 1.89. The van der Waals surface area contributed by atoms with Gasteiger partial charge in [-0.15, -0.1) is 0 Å². The molecular weight excluding hydrogens is 150 g/mol. The minimum Gasteiger partial charge on any atom is -0.330 e. The van der Waals surface area contributed by atoms with E-state index in [1.807, 2.05) is 10.9 Å². The molecule has 66 valence electrons. The number of rotatable bonds is 3. The Labute approximate surface area is 72.6 Å². The van der Waals surface area contributed by atoms with Crippen LogP contribution in [0.25, 0.3) is 0 Å². The highest BCUT2D eigenvalue weighted by Crippen LogP contribution is 2.45. The molecule has 0 aromatic carbocycles. The van der Waals surface area contributed by atoms with Crippen LogP contribution in [0.3, 0.4) is 0 Å². The highest BCUT2D eigenvalue weighted by atomic mass is 15.3. The normalized spacial score (nSPS) is 27.5. The number of hydrogen-bond donors (Lipinski definition) is 1. The summed E-state index contributed by atoms with van der Waals surface area (Å²) in [5, 5.41) is 4.45. The van der Waals surface area contributed by atoms with Crippen molar-refractivity contribution >= 4 is 0 Å². The van der Waals surface area contributed by atoms with Crippen LogP contribution in [0, 0.1) is 5.92 Å². The fraction of sp³-hybridized carbons (Fsp3) is 0.667. The van der Waals surface area contributed by atoms with Crippen molar-refractivity contribution in [3.63, 3.8) is 0 Å². The van der Waals surface area contributed by atoms with E-state index in [4.69, 9.17) is 5.73 Å². The van der Waals surface area contributed by atoms with Gasteiger partial charge < -0.3 is 5.73 Å². The van der Waals surface area contributed by atoms with Crippen LogP contribution in [-0.2, 0) is 6.54 Å². The zero-order chi connectivity index (χ0) is 8.55. The first kappa shape index (κ1) is 7.80. The summed E-state index contributed by atoms with van der Waals surface area (Å²) < 4.78 is 1.97. The minimum absolute atomic E-state index is 0.655. The molecule has 3 heteroatoms. The topological polar surface area (TPSA) is 43.8 Å². The molecule has 12 heavy (non-hydrogen) atoms. The van der Waals surface area contributed by atoms with Crippen molar-refractivity contribution in [2.45, 2.75) is 25.8 Å². The molecule has 1 fully saturated rings. The largest absolute Gasteiger partial charge is 0.330 e. The van der Waals surface area contributed by atoms with E-state index in [0.717, 1.165) is 13.1 Å². The zero-order valence-corrected chi connectivity index (χ0v) is 7.40. The smallest absolute Gasteiger partial charge is 0.0658 e.